The third kappa shape index (κ3) is 25.3. The fourth-order valence-corrected chi connectivity index (χ4v) is 10.4. The summed E-state index contributed by atoms with van der Waals surface area (Å²) in [5, 5.41) is 20.3. The van der Waals surface area contributed by atoms with Crippen molar-refractivity contribution in [1.82, 2.24) is 42.3 Å². The van der Waals surface area contributed by atoms with E-state index in [0.717, 1.165) is 5.56 Å². The summed E-state index contributed by atoms with van der Waals surface area (Å²) in [6.45, 7) is 16.7. The molecule has 5 rings (SSSR count). The van der Waals surface area contributed by atoms with Crippen LogP contribution in [0, 0.1) is 23.2 Å². The lowest BCUT2D eigenvalue weighted by atomic mass is 9.83. The van der Waals surface area contributed by atoms with E-state index in [4.69, 9.17) is 49.6 Å². The summed E-state index contributed by atoms with van der Waals surface area (Å²) in [4.78, 5) is 151. The summed E-state index contributed by atoms with van der Waals surface area (Å²) in [5.74, 6) is -7.33. The molecule has 2 aromatic carbocycles. The van der Waals surface area contributed by atoms with Crippen LogP contribution in [0.15, 0.2) is 54.6 Å². The molecule has 94 heavy (non-hydrogen) atoms. The van der Waals surface area contributed by atoms with E-state index in [1.165, 1.54) is 13.2 Å². The third-order valence-electron chi connectivity index (χ3n) is 16.2. The van der Waals surface area contributed by atoms with Crippen LogP contribution in [0.5, 0.6) is 5.75 Å². The van der Waals surface area contributed by atoms with Crippen molar-refractivity contribution in [3.05, 3.63) is 76.3 Å². The number of hydroxylamine groups is 2. The maximum absolute atomic E-state index is 14.2. The van der Waals surface area contributed by atoms with Crippen LogP contribution in [0.4, 0.5) is 0 Å². The number of imide groups is 1. The van der Waals surface area contributed by atoms with E-state index in [1.54, 1.807) is 78.1 Å². The quantitative estimate of drug-likeness (QED) is 0.0224. The second kappa shape index (κ2) is 38.7. The molecule has 9 atom stereocenters. The number of hydrogen-bond donors (Lipinski definition) is 7. The van der Waals surface area contributed by atoms with Crippen molar-refractivity contribution in [1.29, 1.82) is 0 Å². The Morgan fingerprint density at radius 2 is 1.39 bits per heavy atom. The summed E-state index contributed by atoms with van der Waals surface area (Å²) < 4.78 is 39.1. The number of rotatable bonds is 35. The number of epoxide rings is 1. The van der Waals surface area contributed by atoms with E-state index in [2.05, 4.69) is 37.2 Å². The van der Waals surface area contributed by atoms with Gasteiger partial charge in [-0.25, -0.2) is 9.59 Å². The zero-order chi connectivity index (χ0) is 69.1. The lowest BCUT2D eigenvalue weighted by Crippen LogP contribution is -2.58. The van der Waals surface area contributed by atoms with E-state index < -0.39 is 131 Å². The molecule has 0 saturated carbocycles. The van der Waals surface area contributed by atoms with Crippen LogP contribution in [0.1, 0.15) is 136 Å². The highest BCUT2D eigenvalue weighted by molar-refractivity contribution is 6.32. The molecule has 0 aliphatic carbocycles. The minimum Gasteiger partial charge on any atom is -0.495 e. The van der Waals surface area contributed by atoms with Gasteiger partial charge in [0, 0.05) is 77.1 Å². The zero-order valence-corrected chi connectivity index (χ0v) is 56.3. The van der Waals surface area contributed by atoms with E-state index in [1.807, 2.05) is 32.9 Å². The number of carbonyl (C=O) groups is 11. The molecular formula is C66H95ClN8O19. The average molecular weight is 1340 g/mol. The first-order valence-electron chi connectivity index (χ1n) is 32.0. The van der Waals surface area contributed by atoms with Gasteiger partial charge in [0.2, 0.25) is 41.4 Å². The van der Waals surface area contributed by atoms with Gasteiger partial charge < -0.3 is 75.2 Å². The second-order valence-corrected chi connectivity index (χ2v) is 25.2. The number of nitrogens with zero attached hydrogens (tertiary/aromatic N) is 1. The topological polar surface area (TPSA) is 352 Å². The van der Waals surface area contributed by atoms with Gasteiger partial charge in [-0.2, -0.15) is 0 Å². The predicted molar refractivity (Wildman–Crippen MR) is 341 cm³/mol. The van der Waals surface area contributed by atoms with Crippen LogP contribution >= 0.6 is 11.6 Å². The molecule has 3 heterocycles. The molecule has 2 fully saturated rings. The number of hydrogen-bond acceptors (Lipinski definition) is 19. The molecule has 27 nitrogen and oxygen atoms in total. The SMILES string of the molecule is COCCOCCOCCOCCNC(=O)CC[C@H](NC(=O)[C@@H](NC(=O)CCCC(=O)ON1C(=O)CCC1=O)C(C)C)C(=O)NCc1ccc([C@H]2O[C@@H]2[C@@H](C)[C@@H]2C/C=C/C(=O)N[C@H](Cc3ccc(OC)c(Cl)c3)C(=O)N[C@@H](C)C(C)(C)C(=O)N[C@@H](CC(C)C)C(=O)O2)cc1. The first kappa shape index (κ1) is 77.1. The van der Waals surface area contributed by atoms with E-state index in [9.17, 15) is 52.7 Å². The number of esters is 1. The second-order valence-electron chi connectivity index (χ2n) is 24.8. The lowest BCUT2D eigenvalue weighted by Gasteiger charge is -2.34. The monoisotopic (exact) mass is 1340 g/mol. The van der Waals surface area contributed by atoms with Gasteiger partial charge in [0.15, 0.2) is 0 Å². The Bertz CT molecular complexity index is 2930. The molecule has 3 aliphatic rings. The normalized spacial score (nSPS) is 21.4. The summed E-state index contributed by atoms with van der Waals surface area (Å²) in [7, 11) is 3.07. The van der Waals surface area contributed by atoms with Crippen molar-refractivity contribution < 1.29 is 90.7 Å². The zero-order valence-electron chi connectivity index (χ0n) is 55.6. The molecule has 2 aromatic rings. The Hall–Kier alpha value is -7.56. The standard InChI is InChI=1S/C66H95ClN8O19/c1-39(2)35-49-64(85)92-50(13-11-14-53(77)71-48(37-44-19-23-51(88-10)46(67)36-44)62(83)70-42(6)66(7,8)65(86)73-49)41(5)59-60(93-59)45-20-17-43(18-21-45)38-69-61(82)47(22-24-52(76)68-27-28-89-31-32-91-34-33-90-30-29-87-9)72-63(84)58(40(3)4)74-54(78)15-12-16-57(81)94-75-55(79)25-26-56(75)80/h11,14,17-21,23,36,39-42,47-50,58-60H,12-13,15-16,22,24-35,37-38H2,1-10H3,(H,68,76)(H,69,82)(H,70,83)(H,71,77)(H,72,84)(H,73,86)(H,74,78)/b14-11+/t41-,42-,47-,48+,49-,50-,58-,59+,60+/m0/s1. The Labute approximate surface area is 554 Å². The molecule has 28 heteroatoms. The van der Waals surface area contributed by atoms with Crippen LogP contribution in [0.2, 0.25) is 5.02 Å². The number of cyclic esters (lactones) is 1. The van der Waals surface area contributed by atoms with Gasteiger partial charge in [-0.3, -0.25) is 43.2 Å². The first-order chi connectivity index (χ1) is 44.7. The van der Waals surface area contributed by atoms with Crippen molar-refractivity contribution in [2.45, 2.75) is 175 Å². The molecule has 0 aromatic heterocycles. The Morgan fingerprint density at radius 3 is 2.02 bits per heavy atom. The number of nitrogens with one attached hydrogen (secondary N) is 7. The van der Waals surface area contributed by atoms with Crippen LogP contribution in [0.25, 0.3) is 0 Å². The fraction of sp³-hybridized carbons (Fsp3) is 0.621. The molecule has 9 amide bonds. The largest absolute Gasteiger partial charge is 0.495 e. The van der Waals surface area contributed by atoms with Gasteiger partial charge in [-0.1, -0.05) is 82.6 Å². The highest BCUT2D eigenvalue weighted by Crippen LogP contribution is 2.45. The molecule has 520 valence electrons. The summed E-state index contributed by atoms with van der Waals surface area (Å²) in [5.41, 5.74) is 0.837. The number of methoxy groups -OCH3 is 2. The smallest absolute Gasteiger partial charge is 0.333 e. The number of amides is 9. The Kier molecular flexibility index (Phi) is 31.8. The number of benzene rings is 2. The highest BCUT2D eigenvalue weighted by atomic mass is 35.5. The van der Waals surface area contributed by atoms with Gasteiger partial charge in [0.25, 0.3) is 11.8 Å². The predicted octanol–water partition coefficient (Wildman–Crippen LogP) is 3.70. The maximum Gasteiger partial charge on any atom is 0.333 e. The van der Waals surface area contributed by atoms with Crippen LogP contribution < -0.4 is 42.0 Å². The number of ether oxygens (including phenoxy) is 7. The van der Waals surface area contributed by atoms with Gasteiger partial charge >= 0.3 is 11.9 Å². The molecule has 7 N–H and O–H groups in total. The molecule has 3 aliphatic heterocycles. The number of carbonyl (C=O) groups excluding carboxylic acids is 11. The highest BCUT2D eigenvalue weighted by Gasteiger charge is 2.48. The van der Waals surface area contributed by atoms with Gasteiger partial charge in [0.1, 0.15) is 42.1 Å². The molecular weight excluding hydrogens is 1240 g/mol. The van der Waals surface area contributed by atoms with Crippen LogP contribution in [0.3, 0.4) is 0 Å². The first-order valence-corrected chi connectivity index (χ1v) is 32.4. The Balaban J connectivity index is 1.24. The molecule has 0 radical (unpaired) electrons. The molecule has 0 spiro atoms. The van der Waals surface area contributed by atoms with Crippen molar-refractivity contribution in [2.75, 3.05) is 67.0 Å². The maximum atomic E-state index is 14.2. The summed E-state index contributed by atoms with van der Waals surface area (Å²) >= 11 is 6.43. The van der Waals surface area contributed by atoms with Crippen molar-refractivity contribution in [2.24, 2.45) is 23.2 Å². The van der Waals surface area contributed by atoms with Crippen molar-refractivity contribution in [3.63, 3.8) is 0 Å². The number of halogens is 1. The molecule has 0 unspecified atom stereocenters. The minimum atomic E-state index is -1.25. The summed E-state index contributed by atoms with van der Waals surface area (Å²) in [6, 6.07) is 6.97. The van der Waals surface area contributed by atoms with Crippen LogP contribution in [-0.2, 0) is 99.0 Å². The van der Waals surface area contributed by atoms with E-state index in [-0.39, 0.29) is 96.4 Å². The van der Waals surface area contributed by atoms with E-state index >= 15 is 0 Å². The van der Waals surface area contributed by atoms with Gasteiger partial charge in [-0.15, -0.1) is 5.06 Å². The van der Waals surface area contributed by atoms with Crippen LogP contribution in [-0.4, -0.2) is 180 Å². The fourth-order valence-electron chi connectivity index (χ4n) is 10.1. The third-order valence-corrected chi connectivity index (χ3v) is 16.5. The van der Waals surface area contributed by atoms with Gasteiger partial charge in [0.05, 0.1) is 69.9 Å². The van der Waals surface area contributed by atoms with Gasteiger partial charge in [-0.05, 0) is 86.8 Å². The van der Waals surface area contributed by atoms with Crippen molar-refractivity contribution in [3.8, 4) is 5.75 Å². The lowest BCUT2D eigenvalue weighted by molar-refractivity contribution is -0.197. The van der Waals surface area contributed by atoms with E-state index in [0.29, 0.717) is 60.0 Å². The average Bonchev–Trinajstić information content (AvgIpc) is 1.62. The van der Waals surface area contributed by atoms with Crippen molar-refractivity contribution >= 4 is 76.7 Å². The molecule has 2 saturated heterocycles. The minimum absolute atomic E-state index is 0.00115. The molecule has 0 bridgehead atoms. The summed E-state index contributed by atoms with van der Waals surface area (Å²) in [6.07, 6.45) is 0.471. The Morgan fingerprint density at radius 1 is 0.745 bits per heavy atom.